The Kier molecular flexibility index (Phi) is 9.41. The second kappa shape index (κ2) is 9.47. The van der Waals surface area contributed by atoms with Crippen LogP contribution in [0, 0.1) is 5.92 Å². The lowest BCUT2D eigenvalue weighted by atomic mass is 10.0. The Labute approximate surface area is 99.1 Å². The third-order valence-electron chi connectivity index (χ3n) is 2.52. The average molecular weight is 273 g/mol. The van der Waals surface area contributed by atoms with Crippen molar-refractivity contribution in [3.8, 4) is 0 Å². The van der Waals surface area contributed by atoms with Crippen LogP contribution >= 0.6 is 15.9 Å². The van der Waals surface area contributed by atoms with Crippen LogP contribution in [0.2, 0.25) is 11.6 Å². The quantitative estimate of drug-likeness (QED) is 0.260. The molecule has 2 unspecified atom stereocenters. The van der Waals surface area contributed by atoms with E-state index in [1.165, 1.54) is 12.5 Å². The SMILES string of the molecule is C=CCC(C=C)C(C=C)[SiH2]CCCBr. The molecule has 0 amide bonds. The van der Waals surface area contributed by atoms with Gasteiger partial charge in [-0.2, -0.15) is 0 Å². The highest BCUT2D eigenvalue weighted by atomic mass is 79.9. The molecule has 2 atom stereocenters. The molecule has 0 fully saturated rings. The second-order valence-electron chi connectivity index (χ2n) is 3.51. The summed E-state index contributed by atoms with van der Waals surface area (Å²) in [5.41, 5.74) is 0.699. The third kappa shape index (κ3) is 5.61. The molecule has 0 rings (SSSR count). The number of rotatable bonds is 9. The van der Waals surface area contributed by atoms with Crippen molar-refractivity contribution in [2.45, 2.75) is 24.4 Å². The Bertz CT molecular complexity index is 177. The van der Waals surface area contributed by atoms with Crippen molar-refractivity contribution >= 4 is 25.4 Å². The topological polar surface area (TPSA) is 0 Å². The van der Waals surface area contributed by atoms with Gasteiger partial charge in [-0.05, 0) is 24.3 Å². The Morgan fingerprint density at radius 2 is 1.93 bits per heavy atom. The summed E-state index contributed by atoms with van der Waals surface area (Å²) >= 11 is 3.47. The monoisotopic (exact) mass is 272 g/mol. The zero-order chi connectivity index (χ0) is 10.8. The van der Waals surface area contributed by atoms with Crippen LogP contribution in [0.4, 0.5) is 0 Å². The van der Waals surface area contributed by atoms with E-state index in [0.29, 0.717) is 11.5 Å². The molecule has 0 aromatic rings. The highest BCUT2D eigenvalue weighted by Gasteiger charge is 2.13. The van der Waals surface area contributed by atoms with Gasteiger partial charge in [0.05, 0.1) is 0 Å². The van der Waals surface area contributed by atoms with Crippen molar-refractivity contribution in [3.05, 3.63) is 38.0 Å². The van der Waals surface area contributed by atoms with Crippen LogP contribution in [0.3, 0.4) is 0 Å². The van der Waals surface area contributed by atoms with Crippen molar-refractivity contribution in [2.24, 2.45) is 5.92 Å². The summed E-state index contributed by atoms with van der Waals surface area (Å²) < 4.78 is 0. The van der Waals surface area contributed by atoms with Crippen molar-refractivity contribution in [2.75, 3.05) is 5.33 Å². The van der Waals surface area contributed by atoms with Gasteiger partial charge in [0.2, 0.25) is 0 Å². The molecule has 0 heterocycles. The molecule has 0 nitrogen and oxygen atoms in total. The van der Waals surface area contributed by atoms with Gasteiger partial charge in [0.25, 0.3) is 0 Å². The molecular weight excluding hydrogens is 252 g/mol. The molecule has 14 heavy (non-hydrogen) atoms. The minimum Gasteiger partial charge on any atom is -0.103 e. The zero-order valence-electron chi connectivity index (χ0n) is 8.92. The van der Waals surface area contributed by atoms with E-state index in [0.717, 1.165) is 11.8 Å². The van der Waals surface area contributed by atoms with Gasteiger partial charge in [0.15, 0.2) is 0 Å². The summed E-state index contributed by atoms with van der Waals surface area (Å²) in [6, 6.07) is 1.39. The minimum absolute atomic E-state index is 0.0315. The molecule has 0 saturated heterocycles. The summed E-state index contributed by atoms with van der Waals surface area (Å²) in [6.45, 7) is 11.6. The minimum atomic E-state index is -0.0315. The van der Waals surface area contributed by atoms with Crippen LogP contribution in [-0.4, -0.2) is 14.8 Å². The molecule has 80 valence electrons. The molecule has 0 N–H and O–H groups in total. The maximum Gasteiger partial charge on any atom is 0.0287 e. The van der Waals surface area contributed by atoms with Gasteiger partial charge in [-0.1, -0.05) is 40.2 Å². The lowest BCUT2D eigenvalue weighted by Gasteiger charge is -2.19. The van der Waals surface area contributed by atoms with E-state index >= 15 is 0 Å². The Hall–Kier alpha value is -0.0831. The molecule has 0 aliphatic carbocycles. The van der Waals surface area contributed by atoms with Gasteiger partial charge >= 0.3 is 0 Å². The number of hydrogen-bond acceptors (Lipinski definition) is 0. The molecule has 0 spiro atoms. The fraction of sp³-hybridized carbons (Fsp3) is 0.500. The van der Waals surface area contributed by atoms with Gasteiger partial charge in [-0.25, -0.2) is 0 Å². The first-order chi connectivity index (χ1) is 6.79. The van der Waals surface area contributed by atoms with Crippen molar-refractivity contribution in [3.63, 3.8) is 0 Å². The second-order valence-corrected chi connectivity index (χ2v) is 6.53. The highest BCUT2D eigenvalue weighted by Crippen LogP contribution is 2.24. The third-order valence-corrected chi connectivity index (χ3v) is 5.59. The van der Waals surface area contributed by atoms with E-state index in [9.17, 15) is 0 Å². The van der Waals surface area contributed by atoms with E-state index < -0.39 is 0 Å². The van der Waals surface area contributed by atoms with Gasteiger partial charge in [0.1, 0.15) is 0 Å². The molecule has 0 bridgehead atoms. The van der Waals surface area contributed by atoms with Crippen LogP contribution in [-0.2, 0) is 0 Å². The van der Waals surface area contributed by atoms with Gasteiger partial charge in [-0.3, -0.25) is 0 Å². The van der Waals surface area contributed by atoms with E-state index in [-0.39, 0.29) is 9.52 Å². The van der Waals surface area contributed by atoms with Crippen molar-refractivity contribution in [1.82, 2.24) is 0 Å². The first kappa shape index (κ1) is 13.9. The molecule has 0 saturated carbocycles. The summed E-state index contributed by atoms with van der Waals surface area (Å²) in [5, 5.41) is 1.13. The van der Waals surface area contributed by atoms with Gasteiger partial charge in [-0.15, -0.1) is 19.7 Å². The zero-order valence-corrected chi connectivity index (χ0v) is 11.9. The predicted octanol–water partition coefficient (Wildman–Crippen LogP) is 3.71. The molecule has 0 aromatic heterocycles. The lowest BCUT2D eigenvalue weighted by Crippen LogP contribution is -2.11. The van der Waals surface area contributed by atoms with E-state index in [1.54, 1.807) is 0 Å². The average Bonchev–Trinajstić information content (AvgIpc) is 2.22. The fourth-order valence-electron chi connectivity index (χ4n) is 1.62. The standard InChI is InChI=1S/C12H21BrSi/c1-4-8-11(5-2)12(6-3)14-10-7-9-13/h4-6,11-12H,1-3,7-10,14H2. The van der Waals surface area contributed by atoms with Crippen LogP contribution in [0.5, 0.6) is 0 Å². The molecule has 0 radical (unpaired) electrons. The van der Waals surface area contributed by atoms with Gasteiger partial charge < -0.3 is 0 Å². The summed E-state index contributed by atoms with van der Waals surface area (Å²) in [6.07, 6.45) is 8.52. The van der Waals surface area contributed by atoms with Crippen molar-refractivity contribution in [1.29, 1.82) is 0 Å². The first-order valence-corrected chi connectivity index (χ1v) is 8.15. The number of alkyl halides is 1. The number of halogens is 1. The molecule has 2 heteroatoms. The van der Waals surface area contributed by atoms with Gasteiger partial charge in [0, 0.05) is 14.8 Å². The largest absolute Gasteiger partial charge is 0.103 e. The Morgan fingerprint density at radius 3 is 2.36 bits per heavy atom. The van der Waals surface area contributed by atoms with E-state index in [1.807, 2.05) is 6.08 Å². The first-order valence-electron chi connectivity index (χ1n) is 5.22. The summed E-state index contributed by atoms with van der Waals surface area (Å²) in [7, 11) is -0.0315. The van der Waals surface area contributed by atoms with Crippen LogP contribution in [0.15, 0.2) is 38.0 Å². The normalized spacial score (nSPS) is 15.2. The van der Waals surface area contributed by atoms with Crippen LogP contribution in [0.1, 0.15) is 12.8 Å². The predicted molar refractivity (Wildman–Crippen MR) is 74.2 cm³/mol. The van der Waals surface area contributed by atoms with Crippen LogP contribution in [0.25, 0.3) is 0 Å². The fourth-order valence-corrected chi connectivity index (χ4v) is 4.81. The van der Waals surface area contributed by atoms with Crippen molar-refractivity contribution < 1.29 is 0 Å². The lowest BCUT2D eigenvalue weighted by molar-refractivity contribution is 0.669. The number of allylic oxidation sites excluding steroid dienone is 3. The smallest absolute Gasteiger partial charge is 0.0287 e. The maximum atomic E-state index is 3.93. The Morgan fingerprint density at radius 1 is 1.21 bits per heavy atom. The highest BCUT2D eigenvalue weighted by molar-refractivity contribution is 9.09. The van der Waals surface area contributed by atoms with Crippen LogP contribution < -0.4 is 0 Å². The van der Waals surface area contributed by atoms with E-state index in [2.05, 4.69) is 47.8 Å². The molecule has 0 aliphatic heterocycles. The molecular formula is C12H21BrSi. The van der Waals surface area contributed by atoms with E-state index in [4.69, 9.17) is 0 Å². The number of hydrogen-bond donors (Lipinski definition) is 0. The summed E-state index contributed by atoms with van der Waals surface area (Å²) in [4.78, 5) is 0. The Balaban J connectivity index is 4.00. The maximum absolute atomic E-state index is 3.93. The molecule has 0 aromatic carbocycles. The molecule has 0 aliphatic rings. The summed E-state index contributed by atoms with van der Waals surface area (Å²) in [5.74, 6) is 0.576.